The van der Waals surface area contributed by atoms with Gasteiger partial charge in [-0.3, -0.25) is 0 Å². The minimum absolute atomic E-state index is 0.576. The van der Waals surface area contributed by atoms with Crippen LogP contribution in [0.2, 0.25) is 10.0 Å². The molecule has 2 nitrogen and oxygen atoms in total. The van der Waals surface area contributed by atoms with Crippen molar-refractivity contribution in [2.45, 2.75) is 19.4 Å². The Balaban J connectivity index is 2.05. The largest absolute Gasteiger partial charge is 0.334 e. The molecule has 0 N–H and O–H groups in total. The summed E-state index contributed by atoms with van der Waals surface area (Å²) in [5.74, 6) is 1.17. The second-order valence-electron chi connectivity index (χ2n) is 3.97. The highest BCUT2D eigenvalue weighted by molar-refractivity contribution is 6.42. The minimum Gasteiger partial charge on any atom is -0.334 e. The summed E-state index contributed by atoms with van der Waals surface area (Å²) in [5.41, 5.74) is 2.00. The molecule has 2 aromatic rings. The molecule has 0 fully saturated rings. The molecule has 0 aliphatic carbocycles. The van der Waals surface area contributed by atoms with Crippen molar-refractivity contribution in [2.75, 3.05) is 0 Å². The highest BCUT2D eigenvalue weighted by Crippen LogP contribution is 2.29. The topological polar surface area (TPSA) is 17.8 Å². The van der Waals surface area contributed by atoms with Crippen molar-refractivity contribution < 1.29 is 0 Å². The van der Waals surface area contributed by atoms with Crippen LogP contribution < -0.4 is 0 Å². The first-order valence-corrected chi connectivity index (χ1v) is 6.01. The quantitative estimate of drug-likeness (QED) is 0.755. The Kier molecular flexibility index (Phi) is 2.41. The summed E-state index contributed by atoms with van der Waals surface area (Å²) in [6, 6.07) is 5.62. The molecule has 16 heavy (non-hydrogen) atoms. The molecule has 0 atom stereocenters. The van der Waals surface area contributed by atoms with Gasteiger partial charge in [0.2, 0.25) is 0 Å². The van der Waals surface area contributed by atoms with Crippen molar-refractivity contribution in [3.8, 4) is 11.3 Å². The molecule has 0 bridgehead atoms. The van der Waals surface area contributed by atoms with Gasteiger partial charge in [0, 0.05) is 24.7 Å². The van der Waals surface area contributed by atoms with E-state index in [1.54, 1.807) is 0 Å². The predicted octanol–water partition coefficient (Wildman–Crippen LogP) is 3.80. The lowest BCUT2D eigenvalue weighted by atomic mass is 10.2. The van der Waals surface area contributed by atoms with Crippen LogP contribution in [-0.2, 0) is 13.0 Å². The Morgan fingerprint density at radius 2 is 2.06 bits per heavy atom. The van der Waals surface area contributed by atoms with E-state index < -0.39 is 0 Å². The van der Waals surface area contributed by atoms with Gasteiger partial charge < -0.3 is 4.57 Å². The van der Waals surface area contributed by atoms with Gasteiger partial charge in [-0.25, -0.2) is 4.98 Å². The van der Waals surface area contributed by atoms with Gasteiger partial charge in [0.1, 0.15) is 5.82 Å². The van der Waals surface area contributed by atoms with Gasteiger partial charge in [-0.2, -0.15) is 0 Å². The zero-order valence-corrected chi connectivity index (χ0v) is 10.1. The number of nitrogens with zero attached hydrogens (tertiary/aromatic N) is 2. The summed E-state index contributed by atoms with van der Waals surface area (Å²) in [4.78, 5) is 4.59. The Labute approximate surface area is 104 Å². The highest BCUT2D eigenvalue weighted by Gasteiger charge is 2.14. The zero-order valence-electron chi connectivity index (χ0n) is 8.58. The van der Waals surface area contributed by atoms with E-state index in [1.165, 1.54) is 12.2 Å². The van der Waals surface area contributed by atoms with Gasteiger partial charge in [-0.05, 0) is 18.6 Å². The number of fused-ring (bicyclic) bond motifs is 1. The molecule has 4 heteroatoms. The molecule has 0 radical (unpaired) electrons. The molecule has 0 amide bonds. The third-order valence-corrected chi connectivity index (χ3v) is 3.61. The fraction of sp³-hybridized carbons (Fsp3) is 0.250. The summed E-state index contributed by atoms with van der Waals surface area (Å²) >= 11 is 11.9. The first kappa shape index (κ1) is 10.2. The van der Waals surface area contributed by atoms with E-state index in [0.717, 1.165) is 24.2 Å². The normalized spacial score (nSPS) is 14.1. The van der Waals surface area contributed by atoms with E-state index in [2.05, 4.69) is 15.7 Å². The maximum absolute atomic E-state index is 5.99. The van der Waals surface area contributed by atoms with Gasteiger partial charge >= 0.3 is 0 Å². The van der Waals surface area contributed by atoms with Crippen molar-refractivity contribution in [3.05, 3.63) is 40.3 Å². The van der Waals surface area contributed by atoms with E-state index in [0.29, 0.717) is 10.0 Å². The Hall–Kier alpha value is -0.990. The summed E-state index contributed by atoms with van der Waals surface area (Å²) < 4.78 is 2.21. The van der Waals surface area contributed by atoms with Gasteiger partial charge in [-0.1, -0.05) is 29.3 Å². The van der Waals surface area contributed by atoms with Crippen LogP contribution in [0.15, 0.2) is 24.4 Å². The number of hydrogen-bond acceptors (Lipinski definition) is 1. The molecule has 82 valence electrons. The Morgan fingerprint density at radius 3 is 2.81 bits per heavy atom. The first-order valence-electron chi connectivity index (χ1n) is 5.25. The molecule has 3 rings (SSSR count). The zero-order chi connectivity index (χ0) is 11.1. The lowest BCUT2D eigenvalue weighted by molar-refractivity contribution is 0.750. The molecule has 2 heterocycles. The summed E-state index contributed by atoms with van der Waals surface area (Å²) in [5, 5.41) is 1.16. The van der Waals surface area contributed by atoms with Crippen LogP contribution >= 0.6 is 23.2 Å². The number of aryl methyl sites for hydroxylation is 2. The maximum atomic E-state index is 5.99. The average Bonchev–Trinajstić information content (AvgIpc) is 2.81. The third-order valence-electron chi connectivity index (χ3n) is 2.87. The van der Waals surface area contributed by atoms with E-state index >= 15 is 0 Å². The standard InChI is InChI=1S/C12H10Cl2N2/c13-9-4-3-8(6-10(9)14)11-7-16-5-1-2-12(16)15-11/h3-4,6-7H,1-2,5H2. The molecule has 1 aromatic carbocycles. The summed E-state index contributed by atoms with van der Waals surface area (Å²) in [6.07, 6.45) is 4.35. The molecular formula is C12H10Cl2N2. The van der Waals surface area contributed by atoms with E-state index in [9.17, 15) is 0 Å². The average molecular weight is 253 g/mol. The fourth-order valence-electron chi connectivity index (χ4n) is 2.05. The number of aromatic nitrogens is 2. The fourth-order valence-corrected chi connectivity index (χ4v) is 2.35. The number of benzene rings is 1. The van der Waals surface area contributed by atoms with Crippen molar-refractivity contribution in [2.24, 2.45) is 0 Å². The van der Waals surface area contributed by atoms with Crippen LogP contribution in [0, 0.1) is 0 Å². The molecule has 1 aliphatic heterocycles. The van der Waals surface area contributed by atoms with Crippen molar-refractivity contribution >= 4 is 23.2 Å². The second kappa shape index (κ2) is 3.79. The van der Waals surface area contributed by atoms with E-state index in [4.69, 9.17) is 23.2 Å². The lowest BCUT2D eigenvalue weighted by Gasteiger charge is -1.99. The predicted molar refractivity (Wildman–Crippen MR) is 66.0 cm³/mol. The molecule has 0 saturated carbocycles. The first-order chi connectivity index (χ1) is 7.74. The van der Waals surface area contributed by atoms with E-state index in [-0.39, 0.29) is 0 Å². The number of halogens is 2. The lowest BCUT2D eigenvalue weighted by Crippen LogP contribution is -1.87. The Bertz CT molecular complexity index is 524. The van der Waals surface area contributed by atoms with Crippen LogP contribution in [-0.4, -0.2) is 9.55 Å². The second-order valence-corrected chi connectivity index (χ2v) is 4.78. The molecular weight excluding hydrogens is 243 g/mol. The minimum atomic E-state index is 0.576. The SMILES string of the molecule is Clc1ccc(-c2cn3c(n2)CCC3)cc1Cl. The molecule has 0 spiro atoms. The monoisotopic (exact) mass is 252 g/mol. The maximum Gasteiger partial charge on any atom is 0.109 e. The van der Waals surface area contributed by atoms with Crippen LogP contribution in [0.3, 0.4) is 0 Å². The molecule has 0 unspecified atom stereocenters. The summed E-state index contributed by atoms with van der Waals surface area (Å²) in [7, 11) is 0. The van der Waals surface area contributed by atoms with Crippen LogP contribution in [0.25, 0.3) is 11.3 Å². The molecule has 1 aromatic heterocycles. The molecule has 1 aliphatic rings. The smallest absolute Gasteiger partial charge is 0.109 e. The van der Waals surface area contributed by atoms with Crippen molar-refractivity contribution in [3.63, 3.8) is 0 Å². The van der Waals surface area contributed by atoms with Crippen molar-refractivity contribution in [1.82, 2.24) is 9.55 Å². The van der Waals surface area contributed by atoms with Gasteiger partial charge in [0.05, 0.1) is 15.7 Å². The molecule has 0 saturated heterocycles. The highest BCUT2D eigenvalue weighted by atomic mass is 35.5. The Morgan fingerprint density at radius 1 is 1.19 bits per heavy atom. The number of rotatable bonds is 1. The van der Waals surface area contributed by atoms with Crippen LogP contribution in [0.4, 0.5) is 0 Å². The van der Waals surface area contributed by atoms with Gasteiger partial charge in [0.15, 0.2) is 0 Å². The van der Waals surface area contributed by atoms with Crippen molar-refractivity contribution in [1.29, 1.82) is 0 Å². The van der Waals surface area contributed by atoms with Crippen LogP contribution in [0.5, 0.6) is 0 Å². The number of hydrogen-bond donors (Lipinski definition) is 0. The third kappa shape index (κ3) is 1.62. The van der Waals surface area contributed by atoms with Crippen LogP contribution in [0.1, 0.15) is 12.2 Å². The van der Waals surface area contributed by atoms with Gasteiger partial charge in [-0.15, -0.1) is 0 Å². The summed E-state index contributed by atoms with van der Waals surface area (Å²) in [6.45, 7) is 1.07. The number of imidazole rings is 1. The van der Waals surface area contributed by atoms with Gasteiger partial charge in [0.25, 0.3) is 0 Å². The van der Waals surface area contributed by atoms with E-state index in [1.807, 2.05) is 18.2 Å².